The number of nitrogens with two attached hydrogens (primary N) is 1. The van der Waals surface area contributed by atoms with Crippen molar-refractivity contribution in [1.29, 1.82) is 0 Å². The van der Waals surface area contributed by atoms with Gasteiger partial charge >= 0.3 is 0 Å². The maximum Gasteiger partial charge on any atom is 0.247 e. The summed E-state index contributed by atoms with van der Waals surface area (Å²) in [6.45, 7) is 4.17. The van der Waals surface area contributed by atoms with Crippen LogP contribution in [0.5, 0.6) is 0 Å². The molecule has 108 valence electrons. The van der Waals surface area contributed by atoms with Crippen molar-refractivity contribution in [3.63, 3.8) is 0 Å². The zero-order chi connectivity index (χ0) is 15.0. The first kappa shape index (κ1) is 13.8. The Morgan fingerprint density at radius 1 is 1.05 bits per heavy atom. The largest absolute Gasteiger partial charge is 0.318 e. The molecule has 0 saturated carbocycles. The predicted octanol–water partition coefficient (Wildman–Crippen LogP) is 2.97. The van der Waals surface area contributed by atoms with E-state index >= 15 is 0 Å². The molecular weight excluding hydrogens is 260 g/mol. The van der Waals surface area contributed by atoms with Gasteiger partial charge in [0.25, 0.3) is 0 Å². The average molecular weight is 280 g/mol. The number of carbonyl (C=O) groups excluding carboxylic acids is 1. The summed E-state index contributed by atoms with van der Waals surface area (Å²) in [4.78, 5) is 14.0. The van der Waals surface area contributed by atoms with Gasteiger partial charge in [0.15, 0.2) is 0 Å². The molecule has 0 unspecified atom stereocenters. The first-order valence-corrected chi connectivity index (χ1v) is 7.36. The SMILES string of the molecule is CCc1ccc([C@H]2[C@@H](N)C(=O)N2c2ccc(C)cc2)cc1. The van der Waals surface area contributed by atoms with Crippen LogP contribution in [0.15, 0.2) is 48.5 Å². The number of rotatable bonds is 3. The van der Waals surface area contributed by atoms with Gasteiger partial charge in [-0.3, -0.25) is 4.79 Å². The molecule has 3 heteroatoms. The van der Waals surface area contributed by atoms with Crippen LogP contribution in [-0.4, -0.2) is 11.9 Å². The van der Waals surface area contributed by atoms with Crippen LogP contribution >= 0.6 is 0 Å². The molecule has 3 rings (SSSR count). The Bertz CT molecular complexity index is 646. The topological polar surface area (TPSA) is 46.3 Å². The molecule has 0 radical (unpaired) electrons. The van der Waals surface area contributed by atoms with Gasteiger partial charge < -0.3 is 10.6 Å². The van der Waals surface area contributed by atoms with E-state index in [-0.39, 0.29) is 11.9 Å². The number of nitrogens with zero attached hydrogens (tertiary/aromatic N) is 1. The number of aryl methyl sites for hydroxylation is 2. The van der Waals surface area contributed by atoms with Crippen LogP contribution in [0, 0.1) is 6.92 Å². The summed E-state index contributed by atoms with van der Waals surface area (Å²) < 4.78 is 0. The van der Waals surface area contributed by atoms with Gasteiger partial charge in [0.05, 0.1) is 6.04 Å². The van der Waals surface area contributed by atoms with E-state index < -0.39 is 6.04 Å². The fourth-order valence-corrected chi connectivity index (χ4v) is 2.81. The van der Waals surface area contributed by atoms with Crippen molar-refractivity contribution in [3.05, 3.63) is 65.2 Å². The van der Waals surface area contributed by atoms with Crippen LogP contribution < -0.4 is 10.6 Å². The van der Waals surface area contributed by atoms with Crippen LogP contribution in [0.1, 0.15) is 29.7 Å². The van der Waals surface area contributed by atoms with Gasteiger partial charge in [0.1, 0.15) is 6.04 Å². The normalized spacial score (nSPS) is 21.3. The number of hydrogen-bond donors (Lipinski definition) is 1. The van der Waals surface area contributed by atoms with Gasteiger partial charge in [0, 0.05) is 5.69 Å². The lowest BCUT2D eigenvalue weighted by Gasteiger charge is -2.45. The highest BCUT2D eigenvalue weighted by Gasteiger charge is 2.46. The molecular formula is C18H20N2O. The van der Waals surface area contributed by atoms with E-state index in [1.165, 1.54) is 11.1 Å². The highest BCUT2D eigenvalue weighted by Crippen LogP contribution is 2.38. The molecule has 3 nitrogen and oxygen atoms in total. The van der Waals surface area contributed by atoms with Crippen molar-refractivity contribution in [2.45, 2.75) is 32.4 Å². The van der Waals surface area contributed by atoms with E-state index in [9.17, 15) is 4.79 Å². The van der Waals surface area contributed by atoms with Gasteiger partial charge in [0.2, 0.25) is 5.91 Å². The van der Waals surface area contributed by atoms with Gasteiger partial charge in [-0.2, -0.15) is 0 Å². The van der Waals surface area contributed by atoms with E-state index in [0.29, 0.717) is 0 Å². The third-order valence-corrected chi connectivity index (χ3v) is 4.18. The van der Waals surface area contributed by atoms with Gasteiger partial charge in [-0.15, -0.1) is 0 Å². The first-order valence-electron chi connectivity index (χ1n) is 7.36. The summed E-state index contributed by atoms with van der Waals surface area (Å²) >= 11 is 0. The minimum absolute atomic E-state index is 0.0107. The molecule has 1 fully saturated rings. The number of β-lactam (4-membered cyclic amide) rings is 1. The van der Waals surface area contributed by atoms with Crippen LogP contribution in [0.3, 0.4) is 0 Å². The van der Waals surface area contributed by atoms with E-state index in [1.54, 1.807) is 4.90 Å². The Hall–Kier alpha value is -2.13. The van der Waals surface area contributed by atoms with Gasteiger partial charge in [-0.1, -0.05) is 48.9 Å². The van der Waals surface area contributed by atoms with E-state index in [2.05, 4.69) is 31.2 Å². The molecule has 0 aliphatic carbocycles. The van der Waals surface area contributed by atoms with Crippen molar-refractivity contribution >= 4 is 11.6 Å². The fourth-order valence-electron chi connectivity index (χ4n) is 2.81. The summed E-state index contributed by atoms with van der Waals surface area (Å²) in [6, 6.07) is 15.9. The summed E-state index contributed by atoms with van der Waals surface area (Å²) in [7, 11) is 0. The van der Waals surface area contributed by atoms with Crippen molar-refractivity contribution in [2.75, 3.05) is 4.90 Å². The van der Waals surface area contributed by atoms with E-state index in [0.717, 1.165) is 17.7 Å². The maximum absolute atomic E-state index is 12.2. The molecule has 2 atom stereocenters. The molecule has 1 saturated heterocycles. The van der Waals surface area contributed by atoms with Crippen molar-refractivity contribution in [3.8, 4) is 0 Å². The lowest BCUT2D eigenvalue weighted by molar-refractivity contribution is -0.126. The Labute approximate surface area is 125 Å². The Morgan fingerprint density at radius 3 is 2.24 bits per heavy atom. The minimum atomic E-state index is -0.446. The second-order valence-electron chi connectivity index (χ2n) is 5.61. The average Bonchev–Trinajstić information content (AvgIpc) is 2.53. The van der Waals surface area contributed by atoms with Crippen LogP contribution in [0.2, 0.25) is 0 Å². The van der Waals surface area contributed by atoms with Crippen LogP contribution in [-0.2, 0) is 11.2 Å². The second kappa shape index (κ2) is 5.34. The predicted molar refractivity (Wildman–Crippen MR) is 85.2 cm³/mol. The summed E-state index contributed by atoms with van der Waals surface area (Å²) in [6.07, 6.45) is 1.01. The summed E-state index contributed by atoms with van der Waals surface area (Å²) in [5.74, 6) is -0.0107. The number of amides is 1. The zero-order valence-electron chi connectivity index (χ0n) is 12.4. The number of hydrogen-bond acceptors (Lipinski definition) is 2. The third-order valence-electron chi connectivity index (χ3n) is 4.18. The molecule has 2 aromatic carbocycles. The molecule has 21 heavy (non-hydrogen) atoms. The quantitative estimate of drug-likeness (QED) is 0.879. The van der Waals surface area contributed by atoms with Crippen LogP contribution in [0.4, 0.5) is 5.69 Å². The molecule has 2 aromatic rings. The van der Waals surface area contributed by atoms with E-state index in [1.807, 2.05) is 31.2 Å². The molecule has 1 aliphatic rings. The van der Waals surface area contributed by atoms with Crippen molar-refractivity contribution in [2.24, 2.45) is 5.73 Å². The molecule has 2 N–H and O–H groups in total. The second-order valence-corrected chi connectivity index (χ2v) is 5.61. The third kappa shape index (κ3) is 2.34. The molecule has 1 heterocycles. The molecule has 0 bridgehead atoms. The van der Waals surface area contributed by atoms with Crippen molar-refractivity contribution in [1.82, 2.24) is 0 Å². The summed E-state index contributed by atoms with van der Waals surface area (Å²) in [5.41, 5.74) is 10.5. The smallest absolute Gasteiger partial charge is 0.247 e. The number of benzene rings is 2. The highest BCUT2D eigenvalue weighted by atomic mass is 16.2. The van der Waals surface area contributed by atoms with Crippen molar-refractivity contribution < 1.29 is 4.79 Å². The lowest BCUT2D eigenvalue weighted by Crippen LogP contribution is -2.63. The molecule has 1 aliphatic heterocycles. The Morgan fingerprint density at radius 2 is 1.67 bits per heavy atom. The lowest BCUT2D eigenvalue weighted by atomic mass is 9.88. The maximum atomic E-state index is 12.2. The Balaban J connectivity index is 1.92. The molecule has 0 aromatic heterocycles. The standard InChI is InChI=1S/C18H20N2O/c1-3-13-6-8-14(9-7-13)17-16(19)18(21)20(17)15-10-4-12(2)5-11-15/h4-11,16-17H,3,19H2,1-2H3/t16-,17+/m1/s1. The molecule has 1 amide bonds. The first-order chi connectivity index (χ1) is 10.1. The fraction of sp³-hybridized carbons (Fsp3) is 0.278. The van der Waals surface area contributed by atoms with Gasteiger partial charge in [-0.05, 0) is 36.6 Å². The zero-order valence-corrected chi connectivity index (χ0v) is 12.4. The molecule has 0 spiro atoms. The highest BCUT2D eigenvalue weighted by molar-refractivity contribution is 6.05. The minimum Gasteiger partial charge on any atom is -0.318 e. The number of carbonyl (C=O) groups is 1. The Kier molecular flexibility index (Phi) is 3.52. The van der Waals surface area contributed by atoms with Crippen LogP contribution in [0.25, 0.3) is 0 Å². The monoisotopic (exact) mass is 280 g/mol. The summed E-state index contributed by atoms with van der Waals surface area (Å²) in [5, 5.41) is 0. The van der Waals surface area contributed by atoms with Gasteiger partial charge in [-0.25, -0.2) is 0 Å². The number of anilines is 1. The van der Waals surface area contributed by atoms with E-state index in [4.69, 9.17) is 5.73 Å².